The zero-order chi connectivity index (χ0) is 21.5. The van der Waals surface area contributed by atoms with Gasteiger partial charge in [0.15, 0.2) is 0 Å². The summed E-state index contributed by atoms with van der Waals surface area (Å²) in [6.07, 6.45) is 1.80. The normalized spacial score (nSPS) is 10.9. The Hall–Kier alpha value is -3.22. The number of fused-ring (bicyclic) bond motifs is 1. The smallest absolute Gasteiger partial charge is 0.251 e. The lowest BCUT2D eigenvalue weighted by Gasteiger charge is -2.22. The van der Waals surface area contributed by atoms with Crippen LogP contribution in [0.1, 0.15) is 42.9 Å². The zero-order valence-electron chi connectivity index (χ0n) is 17.4. The Labute approximate surface area is 175 Å². The van der Waals surface area contributed by atoms with Crippen LogP contribution < -0.4 is 5.32 Å². The molecule has 2 amide bonds. The number of carbonyl (C=O) groups is 2. The highest BCUT2D eigenvalue weighted by Crippen LogP contribution is 2.17. The summed E-state index contributed by atoms with van der Waals surface area (Å²) in [5, 5.41) is 2.82. The lowest BCUT2D eigenvalue weighted by molar-refractivity contribution is -0.131. The van der Waals surface area contributed by atoms with E-state index in [1.807, 2.05) is 33.7 Å². The van der Waals surface area contributed by atoms with Gasteiger partial charge in [-0.05, 0) is 49.2 Å². The molecule has 0 saturated carbocycles. The molecule has 0 bridgehead atoms. The van der Waals surface area contributed by atoms with E-state index in [2.05, 4.69) is 24.1 Å². The number of nitrogens with zero attached hydrogens (tertiary/aromatic N) is 3. The summed E-state index contributed by atoms with van der Waals surface area (Å²) in [4.78, 5) is 31.8. The molecule has 1 heterocycles. The van der Waals surface area contributed by atoms with Crippen molar-refractivity contribution in [3.05, 3.63) is 65.7 Å². The molecule has 7 heteroatoms. The molecular formula is C23H27FN4O2. The van der Waals surface area contributed by atoms with Gasteiger partial charge in [0, 0.05) is 18.7 Å². The standard InChI is InChI=1S/C23H27FN4O2/c1-3-13-27(14-4-2)22(29)16-28-20-8-6-5-7-19(20)26-21(28)15-25-23(30)17-9-11-18(24)12-10-17/h5-12H,3-4,13-16H2,1-2H3,(H,25,30). The SMILES string of the molecule is CCCN(CCC)C(=O)Cn1c(CNC(=O)c2ccc(F)cc2)nc2ccccc21. The maximum absolute atomic E-state index is 13.1. The average molecular weight is 410 g/mol. The second-order valence-corrected chi connectivity index (χ2v) is 7.17. The number of halogens is 1. The summed E-state index contributed by atoms with van der Waals surface area (Å²) in [6, 6.07) is 13.0. The quantitative estimate of drug-likeness (QED) is 0.584. The number of imidazole rings is 1. The van der Waals surface area contributed by atoms with Crippen LogP contribution >= 0.6 is 0 Å². The molecule has 0 radical (unpaired) electrons. The van der Waals surface area contributed by atoms with Gasteiger partial charge in [0.05, 0.1) is 17.6 Å². The highest BCUT2D eigenvalue weighted by Gasteiger charge is 2.18. The van der Waals surface area contributed by atoms with E-state index in [1.165, 1.54) is 24.3 Å². The molecule has 0 atom stereocenters. The minimum absolute atomic E-state index is 0.0352. The Bertz CT molecular complexity index is 1010. The number of amides is 2. The molecule has 0 aliphatic carbocycles. The van der Waals surface area contributed by atoms with E-state index in [0.717, 1.165) is 37.0 Å². The third kappa shape index (κ3) is 5.03. The van der Waals surface area contributed by atoms with Crippen LogP contribution in [0, 0.1) is 5.82 Å². The van der Waals surface area contributed by atoms with Crippen LogP contribution in [-0.2, 0) is 17.9 Å². The number of para-hydroxylation sites is 2. The number of rotatable bonds is 9. The van der Waals surface area contributed by atoms with E-state index < -0.39 is 5.82 Å². The molecule has 3 rings (SSSR count). The van der Waals surface area contributed by atoms with Crippen molar-refractivity contribution in [3.63, 3.8) is 0 Å². The Kier molecular flexibility index (Phi) is 7.17. The Morgan fingerprint density at radius 2 is 1.70 bits per heavy atom. The molecule has 0 saturated heterocycles. The molecule has 30 heavy (non-hydrogen) atoms. The van der Waals surface area contributed by atoms with Crippen LogP contribution in [0.5, 0.6) is 0 Å². The van der Waals surface area contributed by atoms with Gasteiger partial charge in [-0.2, -0.15) is 0 Å². The molecule has 1 N–H and O–H groups in total. The Balaban J connectivity index is 1.81. The van der Waals surface area contributed by atoms with Crippen LogP contribution in [0.4, 0.5) is 4.39 Å². The number of hydrogen-bond donors (Lipinski definition) is 1. The van der Waals surface area contributed by atoms with Crippen molar-refractivity contribution in [2.24, 2.45) is 0 Å². The topological polar surface area (TPSA) is 67.2 Å². The third-order valence-corrected chi connectivity index (χ3v) is 4.88. The summed E-state index contributed by atoms with van der Waals surface area (Å²) in [6.45, 7) is 5.88. The van der Waals surface area contributed by atoms with Crippen LogP contribution in [0.3, 0.4) is 0 Å². The van der Waals surface area contributed by atoms with Crippen molar-refractivity contribution in [3.8, 4) is 0 Å². The minimum atomic E-state index is -0.393. The molecule has 0 aliphatic heterocycles. The van der Waals surface area contributed by atoms with Crippen LogP contribution in [0.2, 0.25) is 0 Å². The first-order chi connectivity index (χ1) is 14.5. The van der Waals surface area contributed by atoms with E-state index >= 15 is 0 Å². The van der Waals surface area contributed by atoms with E-state index in [4.69, 9.17) is 0 Å². The fourth-order valence-electron chi connectivity index (χ4n) is 3.44. The first-order valence-electron chi connectivity index (χ1n) is 10.3. The molecule has 0 fully saturated rings. The minimum Gasteiger partial charge on any atom is -0.345 e. The van der Waals surface area contributed by atoms with Gasteiger partial charge >= 0.3 is 0 Å². The summed E-state index contributed by atoms with van der Waals surface area (Å²) < 4.78 is 14.9. The summed E-state index contributed by atoms with van der Waals surface area (Å²) in [5.74, 6) is -0.0741. The number of aromatic nitrogens is 2. The second-order valence-electron chi connectivity index (χ2n) is 7.17. The van der Waals surface area contributed by atoms with Crippen molar-refractivity contribution in [2.45, 2.75) is 39.8 Å². The third-order valence-electron chi connectivity index (χ3n) is 4.88. The summed E-state index contributed by atoms with van der Waals surface area (Å²) in [7, 11) is 0. The van der Waals surface area contributed by atoms with Gasteiger partial charge in [-0.3, -0.25) is 9.59 Å². The average Bonchev–Trinajstić information content (AvgIpc) is 3.09. The lowest BCUT2D eigenvalue weighted by Crippen LogP contribution is -2.35. The predicted octanol–water partition coefficient (Wildman–Crippen LogP) is 3.75. The second kappa shape index (κ2) is 10.0. The zero-order valence-corrected chi connectivity index (χ0v) is 17.4. The van der Waals surface area contributed by atoms with Crippen LogP contribution in [0.15, 0.2) is 48.5 Å². The van der Waals surface area contributed by atoms with Gasteiger partial charge < -0.3 is 14.8 Å². The van der Waals surface area contributed by atoms with Crippen molar-refractivity contribution in [1.82, 2.24) is 19.8 Å². The fraction of sp³-hybridized carbons (Fsp3) is 0.348. The maximum Gasteiger partial charge on any atom is 0.251 e. The molecule has 6 nitrogen and oxygen atoms in total. The highest BCUT2D eigenvalue weighted by atomic mass is 19.1. The number of benzene rings is 2. The van der Waals surface area contributed by atoms with Gasteiger partial charge in [-0.25, -0.2) is 9.37 Å². The molecule has 0 aliphatic rings. The molecule has 2 aromatic carbocycles. The highest BCUT2D eigenvalue weighted by molar-refractivity contribution is 5.94. The van der Waals surface area contributed by atoms with E-state index in [9.17, 15) is 14.0 Å². The molecule has 1 aromatic heterocycles. The molecule has 0 spiro atoms. The van der Waals surface area contributed by atoms with Gasteiger partial charge in [0.25, 0.3) is 5.91 Å². The predicted molar refractivity (Wildman–Crippen MR) is 114 cm³/mol. The van der Waals surface area contributed by atoms with E-state index in [0.29, 0.717) is 11.4 Å². The van der Waals surface area contributed by atoms with Gasteiger partial charge in [-0.1, -0.05) is 26.0 Å². The first-order valence-corrected chi connectivity index (χ1v) is 10.3. The van der Waals surface area contributed by atoms with Crippen molar-refractivity contribution < 1.29 is 14.0 Å². The first kappa shape index (κ1) is 21.5. The van der Waals surface area contributed by atoms with Crippen molar-refractivity contribution >= 4 is 22.8 Å². The van der Waals surface area contributed by atoms with E-state index in [-0.39, 0.29) is 24.9 Å². The maximum atomic E-state index is 13.1. The van der Waals surface area contributed by atoms with Crippen molar-refractivity contribution in [2.75, 3.05) is 13.1 Å². The number of carbonyl (C=O) groups excluding carboxylic acids is 2. The van der Waals surface area contributed by atoms with Crippen LogP contribution in [-0.4, -0.2) is 39.4 Å². The largest absolute Gasteiger partial charge is 0.345 e. The summed E-state index contributed by atoms with van der Waals surface area (Å²) >= 11 is 0. The van der Waals surface area contributed by atoms with Crippen molar-refractivity contribution in [1.29, 1.82) is 0 Å². The lowest BCUT2D eigenvalue weighted by atomic mass is 10.2. The molecule has 3 aromatic rings. The van der Waals surface area contributed by atoms with Gasteiger partial charge in [0.2, 0.25) is 5.91 Å². The molecular weight excluding hydrogens is 383 g/mol. The molecule has 0 unspecified atom stereocenters. The van der Waals surface area contributed by atoms with Crippen LogP contribution in [0.25, 0.3) is 11.0 Å². The number of hydrogen-bond acceptors (Lipinski definition) is 3. The molecule has 158 valence electrons. The summed E-state index contributed by atoms with van der Waals surface area (Å²) in [5.41, 5.74) is 1.99. The Morgan fingerprint density at radius 3 is 2.37 bits per heavy atom. The van der Waals surface area contributed by atoms with Gasteiger partial charge in [0.1, 0.15) is 18.2 Å². The van der Waals surface area contributed by atoms with E-state index in [1.54, 1.807) is 0 Å². The monoisotopic (exact) mass is 410 g/mol. The number of nitrogens with one attached hydrogen (secondary N) is 1. The Morgan fingerprint density at radius 1 is 1.03 bits per heavy atom. The fourth-order valence-corrected chi connectivity index (χ4v) is 3.44. The van der Waals surface area contributed by atoms with Gasteiger partial charge in [-0.15, -0.1) is 0 Å².